The molecule has 1 atom stereocenters. The van der Waals surface area contributed by atoms with Crippen LogP contribution in [0.4, 0.5) is 11.4 Å². The van der Waals surface area contributed by atoms with Gasteiger partial charge in [-0.15, -0.1) is 0 Å². The van der Waals surface area contributed by atoms with Gasteiger partial charge in [-0.25, -0.2) is 4.98 Å². The SMILES string of the molecule is CCCOc1cccc(NC(C)c2ncn[nH]2)c1N. The van der Waals surface area contributed by atoms with Gasteiger partial charge in [-0.3, -0.25) is 5.10 Å². The number of anilines is 2. The highest BCUT2D eigenvalue weighted by Crippen LogP contribution is 2.31. The number of aromatic nitrogens is 3. The number of hydrogen-bond donors (Lipinski definition) is 3. The van der Waals surface area contributed by atoms with Gasteiger partial charge in [0.2, 0.25) is 0 Å². The summed E-state index contributed by atoms with van der Waals surface area (Å²) in [4.78, 5) is 4.11. The van der Waals surface area contributed by atoms with Crippen LogP contribution in [-0.4, -0.2) is 21.8 Å². The Labute approximate surface area is 112 Å². The zero-order valence-corrected chi connectivity index (χ0v) is 11.2. The van der Waals surface area contributed by atoms with E-state index in [-0.39, 0.29) is 6.04 Å². The molecule has 6 heteroatoms. The molecular formula is C13H19N5O. The molecule has 0 amide bonds. The van der Waals surface area contributed by atoms with Crippen LogP contribution in [0.1, 0.15) is 32.1 Å². The Kier molecular flexibility index (Phi) is 4.22. The van der Waals surface area contributed by atoms with Gasteiger partial charge in [-0.1, -0.05) is 13.0 Å². The summed E-state index contributed by atoms with van der Waals surface area (Å²) in [6.07, 6.45) is 2.43. The zero-order chi connectivity index (χ0) is 13.7. The molecule has 0 radical (unpaired) electrons. The van der Waals surface area contributed by atoms with Crippen molar-refractivity contribution < 1.29 is 4.74 Å². The van der Waals surface area contributed by atoms with E-state index in [9.17, 15) is 0 Å². The summed E-state index contributed by atoms with van der Waals surface area (Å²) in [5.74, 6) is 1.47. The number of aromatic amines is 1. The second-order valence-corrected chi connectivity index (χ2v) is 4.30. The van der Waals surface area contributed by atoms with Gasteiger partial charge in [0.05, 0.1) is 24.0 Å². The first kappa shape index (κ1) is 13.2. The lowest BCUT2D eigenvalue weighted by molar-refractivity contribution is 0.319. The standard InChI is InChI=1S/C13H19N5O/c1-3-7-19-11-6-4-5-10(12(11)14)17-9(2)13-15-8-16-18-13/h4-6,8-9,17H,3,7,14H2,1-2H3,(H,15,16,18). The first-order valence-corrected chi connectivity index (χ1v) is 6.35. The Bertz CT molecular complexity index is 512. The van der Waals surface area contributed by atoms with Crippen molar-refractivity contribution in [3.05, 3.63) is 30.4 Å². The number of benzene rings is 1. The average Bonchev–Trinajstić information content (AvgIpc) is 2.94. The Balaban J connectivity index is 2.12. The van der Waals surface area contributed by atoms with E-state index >= 15 is 0 Å². The zero-order valence-electron chi connectivity index (χ0n) is 11.2. The molecule has 0 saturated carbocycles. The van der Waals surface area contributed by atoms with Gasteiger partial charge in [0.15, 0.2) is 0 Å². The van der Waals surface area contributed by atoms with Crippen LogP contribution in [0, 0.1) is 0 Å². The van der Waals surface area contributed by atoms with Gasteiger partial charge in [0, 0.05) is 0 Å². The van der Waals surface area contributed by atoms with Gasteiger partial charge < -0.3 is 15.8 Å². The molecule has 6 nitrogen and oxygen atoms in total. The maximum Gasteiger partial charge on any atom is 0.146 e. The summed E-state index contributed by atoms with van der Waals surface area (Å²) >= 11 is 0. The van der Waals surface area contributed by atoms with Crippen molar-refractivity contribution in [2.24, 2.45) is 0 Å². The fourth-order valence-electron chi connectivity index (χ4n) is 1.73. The molecule has 19 heavy (non-hydrogen) atoms. The quantitative estimate of drug-likeness (QED) is 0.694. The Morgan fingerprint density at radius 2 is 2.32 bits per heavy atom. The molecule has 1 heterocycles. The molecule has 0 aliphatic rings. The average molecular weight is 261 g/mol. The van der Waals surface area contributed by atoms with Crippen molar-refractivity contribution in [3.8, 4) is 5.75 Å². The van der Waals surface area contributed by atoms with Crippen molar-refractivity contribution >= 4 is 11.4 Å². The smallest absolute Gasteiger partial charge is 0.146 e. The number of rotatable bonds is 6. The Morgan fingerprint density at radius 1 is 1.47 bits per heavy atom. The van der Waals surface area contributed by atoms with E-state index in [0.717, 1.165) is 17.9 Å². The lowest BCUT2D eigenvalue weighted by Gasteiger charge is -2.16. The maximum atomic E-state index is 6.09. The molecule has 1 unspecified atom stereocenters. The van der Waals surface area contributed by atoms with Crippen LogP contribution in [0.25, 0.3) is 0 Å². The number of nitrogen functional groups attached to an aromatic ring is 1. The van der Waals surface area contributed by atoms with Crippen LogP contribution in [0.5, 0.6) is 5.75 Å². The molecule has 2 aromatic rings. The number of ether oxygens (including phenoxy) is 1. The predicted molar refractivity (Wildman–Crippen MR) is 75.1 cm³/mol. The second-order valence-electron chi connectivity index (χ2n) is 4.30. The highest BCUT2D eigenvalue weighted by molar-refractivity contribution is 5.73. The summed E-state index contributed by atoms with van der Waals surface area (Å²) in [5.41, 5.74) is 7.54. The van der Waals surface area contributed by atoms with Crippen LogP contribution in [0.15, 0.2) is 24.5 Å². The molecule has 102 valence electrons. The minimum absolute atomic E-state index is 0.00812. The normalized spacial score (nSPS) is 12.1. The molecular weight excluding hydrogens is 242 g/mol. The molecule has 0 saturated heterocycles. The third-order valence-corrected chi connectivity index (χ3v) is 2.74. The van der Waals surface area contributed by atoms with Gasteiger partial charge >= 0.3 is 0 Å². The van der Waals surface area contributed by atoms with Gasteiger partial charge in [0.1, 0.15) is 17.9 Å². The molecule has 0 aliphatic carbocycles. The van der Waals surface area contributed by atoms with Crippen LogP contribution >= 0.6 is 0 Å². The molecule has 1 aromatic heterocycles. The topological polar surface area (TPSA) is 88.8 Å². The van der Waals surface area contributed by atoms with Gasteiger partial charge in [-0.2, -0.15) is 5.10 Å². The summed E-state index contributed by atoms with van der Waals surface area (Å²) < 4.78 is 5.60. The molecule has 0 fully saturated rings. The first-order chi connectivity index (χ1) is 9.22. The highest BCUT2D eigenvalue weighted by atomic mass is 16.5. The van der Waals surface area contributed by atoms with Gasteiger partial charge in [0.25, 0.3) is 0 Å². The van der Waals surface area contributed by atoms with E-state index in [2.05, 4.69) is 27.4 Å². The van der Waals surface area contributed by atoms with Crippen molar-refractivity contribution in [2.75, 3.05) is 17.7 Å². The predicted octanol–water partition coefficient (Wildman–Crippen LogP) is 2.35. The van der Waals surface area contributed by atoms with E-state index in [4.69, 9.17) is 10.5 Å². The van der Waals surface area contributed by atoms with Crippen LogP contribution in [0.2, 0.25) is 0 Å². The monoisotopic (exact) mass is 261 g/mol. The van der Waals surface area contributed by atoms with Crippen molar-refractivity contribution in [1.29, 1.82) is 0 Å². The van der Waals surface area contributed by atoms with Crippen molar-refractivity contribution in [1.82, 2.24) is 15.2 Å². The van der Waals surface area contributed by atoms with Gasteiger partial charge in [-0.05, 0) is 25.5 Å². The fourth-order valence-corrected chi connectivity index (χ4v) is 1.73. The van der Waals surface area contributed by atoms with Crippen molar-refractivity contribution in [3.63, 3.8) is 0 Å². The molecule has 0 bridgehead atoms. The second kappa shape index (κ2) is 6.08. The fraction of sp³-hybridized carbons (Fsp3) is 0.385. The first-order valence-electron chi connectivity index (χ1n) is 6.35. The molecule has 0 spiro atoms. The number of nitrogens with one attached hydrogen (secondary N) is 2. The number of hydrogen-bond acceptors (Lipinski definition) is 5. The molecule has 4 N–H and O–H groups in total. The number of nitrogens with zero attached hydrogens (tertiary/aromatic N) is 2. The number of H-pyrrole nitrogens is 1. The molecule has 2 rings (SSSR count). The van der Waals surface area contributed by atoms with E-state index < -0.39 is 0 Å². The minimum Gasteiger partial charge on any atom is -0.491 e. The van der Waals surface area contributed by atoms with Crippen molar-refractivity contribution in [2.45, 2.75) is 26.3 Å². The van der Waals surface area contributed by atoms with Crippen LogP contribution in [0.3, 0.4) is 0 Å². The third kappa shape index (κ3) is 3.15. The summed E-state index contributed by atoms with van der Waals surface area (Å²) in [6, 6.07) is 5.69. The summed E-state index contributed by atoms with van der Waals surface area (Å²) in [7, 11) is 0. The number of nitrogens with two attached hydrogens (primary N) is 1. The van der Waals surface area contributed by atoms with E-state index in [1.54, 1.807) is 0 Å². The van der Waals surface area contributed by atoms with Crippen LogP contribution < -0.4 is 15.8 Å². The lowest BCUT2D eigenvalue weighted by Crippen LogP contribution is -2.10. The molecule has 0 aliphatic heterocycles. The van der Waals surface area contributed by atoms with E-state index in [0.29, 0.717) is 18.0 Å². The summed E-state index contributed by atoms with van der Waals surface area (Å²) in [5, 5.41) is 9.95. The minimum atomic E-state index is -0.00812. The highest BCUT2D eigenvalue weighted by Gasteiger charge is 2.11. The van der Waals surface area contributed by atoms with E-state index in [1.165, 1.54) is 6.33 Å². The Morgan fingerprint density at radius 3 is 3.00 bits per heavy atom. The summed E-state index contributed by atoms with van der Waals surface area (Å²) in [6.45, 7) is 4.70. The third-order valence-electron chi connectivity index (χ3n) is 2.74. The number of para-hydroxylation sites is 1. The Hall–Kier alpha value is -2.24. The largest absolute Gasteiger partial charge is 0.491 e. The van der Waals surface area contributed by atoms with Crippen LogP contribution in [-0.2, 0) is 0 Å². The maximum absolute atomic E-state index is 6.09. The lowest BCUT2D eigenvalue weighted by atomic mass is 10.2. The van der Waals surface area contributed by atoms with E-state index in [1.807, 2.05) is 25.1 Å². The molecule has 1 aromatic carbocycles.